The number of H-pyrrole nitrogens is 1. The van der Waals surface area contributed by atoms with Crippen molar-refractivity contribution in [2.45, 2.75) is 38.4 Å². The van der Waals surface area contributed by atoms with E-state index >= 15 is 0 Å². The van der Waals surface area contributed by atoms with Crippen LogP contribution in [0.25, 0.3) is 16.0 Å². The molecule has 0 aliphatic heterocycles. The van der Waals surface area contributed by atoms with Crippen molar-refractivity contribution in [1.29, 1.82) is 0 Å². The molecule has 0 radical (unpaired) electrons. The fourth-order valence-corrected chi connectivity index (χ4v) is 4.54. The lowest BCUT2D eigenvalue weighted by Gasteiger charge is -2.10. The summed E-state index contributed by atoms with van der Waals surface area (Å²) < 4.78 is 8.23. The highest BCUT2D eigenvalue weighted by atomic mass is 32.2. The number of thioether (sulfide) groups is 1. The van der Waals surface area contributed by atoms with Gasteiger partial charge in [-0.25, -0.2) is 4.98 Å². The van der Waals surface area contributed by atoms with E-state index in [1.807, 2.05) is 45.0 Å². The summed E-state index contributed by atoms with van der Waals surface area (Å²) in [6.07, 6.45) is 0.857. The lowest BCUT2D eigenvalue weighted by Crippen LogP contribution is -2.33. The Morgan fingerprint density at radius 1 is 1.38 bits per heavy atom. The van der Waals surface area contributed by atoms with Gasteiger partial charge in [0.15, 0.2) is 14.8 Å². The summed E-state index contributed by atoms with van der Waals surface area (Å²) in [5, 5.41) is 3.28. The second-order valence-corrected chi connectivity index (χ2v) is 8.93. The van der Waals surface area contributed by atoms with Gasteiger partial charge in [0.25, 0.3) is 5.56 Å². The molecule has 0 aliphatic carbocycles. The Morgan fingerprint density at radius 3 is 2.76 bits per heavy atom. The van der Waals surface area contributed by atoms with Crippen molar-refractivity contribution in [1.82, 2.24) is 19.9 Å². The number of thiazole rings is 1. The van der Waals surface area contributed by atoms with Crippen LogP contribution >= 0.6 is 35.3 Å². The van der Waals surface area contributed by atoms with Gasteiger partial charge in [-0.15, -0.1) is 0 Å². The maximum Gasteiger partial charge on any atom is 0.271 e. The number of ether oxygens (including phenoxy) is 1. The molecule has 0 fully saturated rings. The number of nitrogens with zero attached hydrogens (tertiary/aromatic N) is 2. The minimum absolute atomic E-state index is 0.0965. The van der Waals surface area contributed by atoms with E-state index in [9.17, 15) is 9.59 Å². The third-order valence-electron chi connectivity index (χ3n) is 4.19. The molecule has 3 aromatic rings. The highest BCUT2D eigenvalue weighted by Crippen LogP contribution is 2.25. The highest BCUT2D eigenvalue weighted by Gasteiger charge is 2.15. The molecule has 10 heteroatoms. The van der Waals surface area contributed by atoms with Crippen LogP contribution in [-0.2, 0) is 4.79 Å². The molecule has 0 unspecified atom stereocenters. The molecule has 2 heterocycles. The molecule has 2 N–H and O–H groups in total. The van der Waals surface area contributed by atoms with Crippen molar-refractivity contribution in [3.63, 3.8) is 0 Å². The van der Waals surface area contributed by atoms with Crippen LogP contribution in [0.15, 0.2) is 34.2 Å². The van der Waals surface area contributed by atoms with Crippen molar-refractivity contribution < 1.29 is 9.53 Å². The van der Waals surface area contributed by atoms with Crippen molar-refractivity contribution in [2.75, 3.05) is 12.4 Å². The molecule has 0 saturated heterocycles. The Balaban J connectivity index is 1.92. The predicted molar refractivity (Wildman–Crippen MR) is 120 cm³/mol. The van der Waals surface area contributed by atoms with E-state index in [4.69, 9.17) is 17.0 Å². The Labute approximate surface area is 181 Å². The van der Waals surface area contributed by atoms with Crippen LogP contribution < -0.4 is 15.6 Å². The number of hydrogen-bond acceptors (Lipinski definition) is 7. The second-order valence-electron chi connectivity index (χ2n) is 6.32. The Morgan fingerprint density at radius 2 is 2.10 bits per heavy atom. The number of nitrogens with one attached hydrogen (secondary N) is 2. The quantitative estimate of drug-likeness (QED) is 0.307. The van der Waals surface area contributed by atoms with Gasteiger partial charge in [-0.2, -0.15) is 0 Å². The van der Waals surface area contributed by atoms with E-state index in [1.165, 1.54) is 23.1 Å². The van der Waals surface area contributed by atoms with Gasteiger partial charge in [-0.05, 0) is 56.8 Å². The Bertz CT molecular complexity index is 1120. The maximum absolute atomic E-state index is 12.5. The summed E-state index contributed by atoms with van der Waals surface area (Å²) in [6.45, 7) is 6.47. The van der Waals surface area contributed by atoms with Gasteiger partial charge in [0.2, 0.25) is 5.91 Å². The molecule has 0 spiro atoms. The van der Waals surface area contributed by atoms with E-state index < -0.39 is 0 Å². The third kappa shape index (κ3) is 5.06. The van der Waals surface area contributed by atoms with Gasteiger partial charge in [0.1, 0.15) is 10.4 Å². The van der Waals surface area contributed by atoms with Crippen molar-refractivity contribution in [3.8, 4) is 11.4 Å². The van der Waals surface area contributed by atoms with Gasteiger partial charge in [-0.3, -0.25) is 14.2 Å². The molecule has 1 amide bonds. The fraction of sp³-hybridized carbons (Fsp3) is 0.368. The van der Waals surface area contributed by atoms with E-state index in [-0.39, 0.29) is 23.3 Å². The van der Waals surface area contributed by atoms with Crippen LogP contribution in [-0.4, -0.2) is 38.8 Å². The minimum Gasteiger partial charge on any atom is -0.494 e. The van der Waals surface area contributed by atoms with E-state index in [0.29, 0.717) is 26.1 Å². The monoisotopic (exact) mass is 450 g/mol. The smallest absolute Gasteiger partial charge is 0.271 e. The predicted octanol–water partition coefficient (Wildman–Crippen LogP) is 3.91. The molecule has 1 atom stereocenters. The number of aromatic amines is 1. The van der Waals surface area contributed by atoms with Crippen LogP contribution in [0.1, 0.15) is 27.2 Å². The molecule has 7 nitrogen and oxygen atoms in total. The zero-order valence-corrected chi connectivity index (χ0v) is 18.8. The van der Waals surface area contributed by atoms with Gasteiger partial charge < -0.3 is 15.0 Å². The lowest BCUT2D eigenvalue weighted by molar-refractivity contribution is -0.119. The molecule has 3 rings (SSSR count). The number of rotatable bonds is 8. The first-order valence-electron chi connectivity index (χ1n) is 9.24. The largest absolute Gasteiger partial charge is 0.494 e. The van der Waals surface area contributed by atoms with Crippen molar-refractivity contribution in [3.05, 3.63) is 38.6 Å². The first-order valence-corrected chi connectivity index (χ1v) is 11.4. The molecule has 154 valence electrons. The molecule has 1 aromatic carbocycles. The van der Waals surface area contributed by atoms with E-state index in [2.05, 4.69) is 15.3 Å². The zero-order chi connectivity index (χ0) is 21.0. The summed E-state index contributed by atoms with van der Waals surface area (Å²) in [4.78, 5) is 31.9. The number of hydrogen-bond donors (Lipinski definition) is 2. The SMILES string of the molecule is CCOc1ccc(-n2c(=S)sc3c(=O)[nH]c(SCC(=O)N[C@@H](C)CC)nc32)cc1. The van der Waals surface area contributed by atoms with Crippen LogP contribution in [0.2, 0.25) is 0 Å². The number of fused-ring (bicyclic) bond motifs is 1. The van der Waals surface area contributed by atoms with Gasteiger partial charge >= 0.3 is 0 Å². The van der Waals surface area contributed by atoms with Crippen LogP contribution in [0, 0.1) is 3.95 Å². The number of benzene rings is 1. The van der Waals surface area contributed by atoms with E-state index in [0.717, 1.165) is 17.9 Å². The van der Waals surface area contributed by atoms with Gasteiger partial charge in [0, 0.05) is 11.7 Å². The normalized spacial score (nSPS) is 12.1. The third-order valence-corrected chi connectivity index (χ3v) is 6.42. The zero-order valence-electron chi connectivity index (χ0n) is 16.4. The number of carbonyl (C=O) groups is 1. The molecule has 0 aliphatic rings. The summed E-state index contributed by atoms with van der Waals surface area (Å²) in [7, 11) is 0. The first-order chi connectivity index (χ1) is 13.9. The first kappa shape index (κ1) is 21.5. The van der Waals surface area contributed by atoms with Crippen LogP contribution in [0.4, 0.5) is 0 Å². The average Bonchev–Trinajstić information content (AvgIpc) is 3.04. The standard InChI is InChI=1S/C19H22N4O3S3/c1-4-11(3)20-14(24)10-28-18-21-16-15(17(25)22-18)29-19(27)23(16)12-6-8-13(9-7-12)26-5-2/h6-9,11H,4-5,10H2,1-3H3,(H,20,24)(H,21,22,25)/t11-/m0/s1. The van der Waals surface area contributed by atoms with Gasteiger partial charge in [-0.1, -0.05) is 30.0 Å². The second kappa shape index (κ2) is 9.55. The topological polar surface area (TPSA) is 89.0 Å². The molecular weight excluding hydrogens is 428 g/mol. The average molecular weight is 451 g/mol. The molecule has 29 heavy (non-hydrogen) atoms. The number of amides is 1. The van der Waals surface area contributed by atoms with Crippen molar-refractivity contribution >= 4 is 51.6 Å². The summed E-state index contributed by atoms with van der Waals surface area (Å²) >= 11 is 7.88. The summed E-state index contributed by atoms with van der Waals surface area (Å²) in [6, 6.07) is 7.57. The maximum atomic E-state index is 12.5. The summed E-state index contributed by atoms with van der Waals surface area (Å²) in [5.41, 5.74) is 1.02. The minimum atomic E-state index is -0.263. The number of carbonyl (C=O) groups excluding carboxylic acids is 1. The van der Waals surface area contributed by atoms with E-state index in [1.54, 1.807) is 4.57 Å². The Kier molecular flexibility index (Phi) is 7.09. The van der Waals surface area contributed by atoms with Crippen molar-refractivity contribution in [2.24, 2.45) is 0 Å². The molecule has 0 saturated carbocycles. The molecular formula is C19H22N4O3S3. The van der Waals surface area contributed by atoms with Gasteiger partial charge in [0.05, 0.1) is 12.4 Å². The fourth-order valence-electron chi connectivity index (χ4n) is 2.60. The van der Waals surface area contributed by atoms with Crippen LogP contribution in [0.5, 0.6) is 5.75 Å². The highest BCUT2D eigenvalue weighted by molar-refractivity contribution is 7.99. The Hall–Kier alpha value is -2.17. The van der Waals surface area contributed by atoms with Crippen LogP contribution in [0.3, 0.4) is 0 Å². The number of aromatic nitrogens is 3. The summed E-state index contributed by atoms with van der Waals surface area (Å²) in [5.74, 6) is 0.838. The molecule has 2 aromatic heterocycles. The molecule has 0 bridgehead atoms. The lowest BCUT2D eigenvalue weighted by atomic mass is 10.3.